The first-order valence-electron chi connectivity index (χ1n) is 7.12. The molecule has 1 saturated carbocycles. The molecule has 0 heterocycles. The van der Waals surface area contributed by atoms with Gasteiger partial charge in [0.1, 0.15) is 5.75 Å². The molecule has 1 N–H and O–H groups in total. The smallest absolute Gasteiger partial charge is 0.118 e. The quantitative estimate of drug-likeness (QED) is 0.797. The van der Waals surface area contributed by atoms with Crippen LogP contribution in [-0.2, 0) is 6.42 Å². The van der Waals surface area contributed by atoms with Crippen molar-refractivity contribution in [1.29, 1.82) is 0 Å². The van der Waals surface area contributed by atoms with Gasteiger partial charge < -0.3 is 10.1 Å². The molecule has 2 nitrogen and oxygen atoms in total. The third-order valence-electron chi connectivity index (χ3n) is 3.97. The molecule has 1 aliphatic rings. The number of aryl methyl sites for hydroxylation is 1. The Morgan fingerprint density at radius 3 is 2.61 bits per heavy atom. The predicted molar refractivity (Wildman–Crippen MR) is 76.1 cm³/mol. The Kier molecular flexibility index (Phi) is 4.65. The Hall–Kier alpha value is -1.02. The third kappa shape index (κ3) is 3.74. The number of ether oxygens (including phenoxy) is 1. The molecule has 3 atom stereocenters. The molecule has 1 aromatic rings. The molecule has 0 spiro atoms. The lowest BCUT2D eigenvalue weighted by Crippen LogP contribution is -2.29. The molecule has 1 aliphatic carbocycles. The molecule has 2 heteroatoms. The zero-order valence-electron chi connectivity index (χ0n) is 11.8. The van der Waals surface area contributed by atoms with E-state index in [0.29, 0.717) is 6.04 Å². The molecule has 0 radical (unpaired) electrons. The summed E-state index contributed by atoms with van der Waals surface area (Å²) in [6.45, 7) is 4.59. The van der Waals surface area contributed by atoms with E-state index < -0.39 is 0 Å². The zero-order chi connectivity index (χ0) is 13.0. The Morgan fingerprint density at radius 2 is 2.06 bits per heavy atom. The number of nitrogens with one attached hydrogen (secondary N) is 1. The zero-order valence-corrected chi connectivity index (χ0v) is 11.8. The first kappa shape index (κ1) is 13.4. The minimum absolute atomic E-state index is 0.619. The SMILES string of the molecule is CCC1CC1NC(C)CCc1ccc(OC)cc1. The average Bonchev–Trinajstić information content (AvgIpc) is 3.15. The minimum Gasteiger partial charge on any atom is -0.497 e. The van der Waals surface area contributed by atoms with Crippen molar-refractivity contribution in [1.82, 2.24) is 5.32 Å². The van der Waals surface area contributed by atoms with E-state index in [1.807, 2.05) is 12.1 Å². The van der Waals surface area contributed by atoms with Crippen molar-refractivity contribution in [2.75, 3.05) is 7.11 Å². The van der Waals surface area contributed by atoms with Crippen LogP contribution in [0, 0.1) is 5.92 Å². The molecule has 0 amide bonds. The van der Waals surface area contributed by atoms with Gasteiger partial charge in [-0.05, 0) is 49.8 Å². The highest BCUT2D eigenvalue weighted by atomic mass is 16.5. The standard InChI is InChI=1S/C16H25NO/c1-4-14-11-16(14)17-12(2)5-6-13-7-9-15(18-3)10-8-13/h7-10,12,14,16-17H,4-6,11H2,1-3H3. The van der Waals surface area contributed by atoms with Gasteiger partial charge in [-0.1, -0.05) is 25.5 Å². The van der Waals surface area contributed by atoms with E-state index in [1.165, 1.54) is 24.8 Å². The fourth-order valence-electron chi connectivity index (χ4n) is 2.53. The van der Waals surface area contributed by atoms with Crippen molar-refractivity contribution in [2.45, 2.75) is 51.6 Å². The molecule has 100 valence electrons. The second-order valence-electron chi connectivity index (χ2n) is 5.46. The van der Waals surface area contributed by atoms with E-state index in [2.05, 4.69) is 31.3 Å². The topological polar surface area (TPSA) is 21.3 Å². The summed E-state index contributed by atoms with van der Waals surface area (Å²) in [5.41, 5.74) is 1.40. The first-order valence-corrected chi connectivity index (χ1v) is 7.12. The molecular weight excluding hydrogens is 222 g/mol. The highest BCUT2D eigenvalue weighted by Crippen LogP contribution is 2.33. The van der Waals surface area contributed by atoms with E-state index in [1.54, 1.807) is 7.11 Å². The second-order valence-corrected chi connectivity index (χ2v) is 5.46. The number of methoxy groups -OCH3 is 1. The Balaban J connectivity index is 1.70. The number of benzene rings is 1. The summed E-state index contributed by atoms with van der Waals surface area (Å²) in [4.78, 5) is 0. The van der Waals surface area contributed by atoms with E-state index in [4.69, 9.17) is 4.74 Å². The number of rotatable bonds is 7. The lowest BCUT2D eigenvalue weighted by Gasteiger charge is -2.13. The van der Waals surface area contributed by atoms with Gasteiger partial charge in [-0.2, -0.15) is 0 Å². The van der Waals surface area contributed by atoms with Gasteiger partial charge in [-0.15, -0.1) is 0 Å². The molecule has 18 heavy (non-hydrogen) atoms. The summed E-state index contributed by atoms with van der Waals surface area (Å²) >= 11 is 0. The van der Waals surface area contributed by atoms with Crippen molar-refractivity contribution in [2.24, 2.45) is 5.92 Å². The van der Waals surface area contributed by atoms with Crippen LogP contribution < -0.4 is 10.1 Å². The van der Waals surface area contributed by atoms with Gasteiger partial charge in [0.25, 0.3) is 0 Å². The fraction of sp³-hybridized carbons (Fsp3) is 0.625. The van der Waals surface area contributed by atoms with Crippen molar-refractivity contribution in [3.05, 3.63) is 29.8 Å². The molecule has 1 fully saturated rings. The molecule has 0 aliphatic heterocycles. The van der Waals surface area contributed by atoms with Gasteiger partial charge in [-0.3, -0.25) is 0 Å². The van der Waals surface area contributed by atoms with Crippen LogP contribution in [-0.4, -0.2) is 19.2 Å². The molecule has 2 rings (SSSR count). The summed E-state index contributed by atoms with van der Waals surface area (Å²) in [5, 5.41) is 3.72. The van der Waals surface area contributed by atoms with Crippen LogP contribution in [0.3, 0.4) is 0 Å². The van der Waals surface area contributed by atoms with Crippen LogP contribution in [0.2, 0.25) is 0 Å². The molecule has 1 aromatic carbocycles. The summed E-state index contributed by atoms with van der Waals surface area (Å²) < 4.78 is 5.17. The predicted octanol–water partition coefficient (Wildman–Crippen LogP) is 3.40. The van der Waals surface area contributed by atoms with Crippen LogP contribution in [0.4, 0.5) is 0 Å². The minimum atomic E-state index is 0.619. The van der Waals surface area contributed by atoms with Crippen LogP contribution in [0.5, 0.6) is 5.75 Å². The van der Waals surface area contributed by atoms with Gasteiger partial charge in [-0.25, -0.2) is 0 Å². The summed E-state index contributed by atoms with van der Waals surface area (Å²) in [7, 11) is 1.71. The molecule has 0 aromatic heterocycles. The van der Waals surface area contributed by atoms with Crippen molar-refractivity contribution in [3.63, 3.8) is 0 Å². The van der Waals surface area contributed by atoms with Crippen LogP contribution in [0.1, 0.15) is 38.7 Å². The van der Waals surface area contributed by atoms with Crippen LogP contribution in [0.15, 0.2) is 24.3 Å². The summed E-state index contributed by atoms with van der Waals surface area (Å²) in [5.74, 6) is 1.88. The largest absolute Gasteiger partial charge is 0.497 e. The van der Waals surface area contributed by atoms with Gasteiger partial charge in [0.05, 0.1) is 7.11 Å². The monoisotopic (exact) mass is 247 g/mol. The van der Waals surface area contributed by atoms with Crippen LogP contribution in [0.25, 0.3) is 0 Å². The van der Waals surface area contributed by atoms with E-state index in [9.17, 15) is 0 Å². The second kappa shape index (κ2) is 6.24. The average molecular weight is 247 g/mol. The fourth-order valence-corrected chi connectivity index (χ4v) is 2.53. The lowest BCUT2D eigenvalue weighted by atomic mass is 10.1. The molecule has 0 saturated heterocycles. The Bertz CT molecular complexity index is 360. The van der Waals surface area contributed by atoms with Gasteiger partial charge in [0, 0.05) is 12.1 Å². The van der Waals surface area contributed by atoms with Gasteiger partial charge >= 0.3 is 0 Å². The third-order valence-corrected chi connectivity index (χ3v) is 3.97. The molecule has 0 bridgehead atoms. The van der Waals surface area contributed by atoms with Crippen molar-refractivity contribution >= 4 is 0 Å². The van der Waals surface area contributed by atoms with Gasteiger partial charge in [0.15, 0.2) is 0 Å². The summed E-state index contributed by atoms with van der Waals surface area (Å²) in [6, 6.07) is 9.83. The number of hydrogen-bond donors (Lipinski definition) is 1. The normalized spacial score (nSPS) is 23.7. The maximum atomic E-state index is 5.17. The molecule has 3 unspecified atom stereocenters. The highest BCUT2D eigenvalue weighted by Gasteiger charge is 2.35. The van der Waals surface area contributed by atoms with E-state index in [0.717, 1.165) is 24.1 Å². The lowest BCUT2D eigenvalue weighted by molar-refractivity contribution is 0.414. The molecular formula is C16H25NO. The first-order chi connectivity index (χ1) is 8.72. The number of hydrogen-bond acceptors (Lipinski definition) is 2. The van der Waals surface area contributed by atoms with Crippen molar-refractivity contribution in [3.8, 4) is 5.75 Å². The summed E-state index contributed by atoms with van der Waals surface area (Å²) in [6.07, 6.45) is 5.05. The Morgan fingerprint density at radius 1 is 1.33 bits per heavy atom. The van der Waals surface area contributed by atoms with E-state index in [-0.39, 0.29) is 0 Å². The highest BCUT2D eigenvalue weighted by molar-refractivity contribution is 5.27. The maximum absolute atomic E-state index is 5.17. The Labute approximate surface area is 111 Å². The van der Waals surface area contributed by atoms with Crippen LogP contribution >= 0.6 is 0 Å². The van der Waals surface area contributed by atoms with Crippen molar-refractivity contribution < 1.29 is 4.74 Å². The van der Waals surface area contributed by atoms with Gasteiger partial charge in [0.2, 0.25) is 0 Å². The maximum Gasteiger partial charge on any atom is 0.118 e. The van der Waals surface area contributed by atoms with E-state index >= 15 is 0 Å².